The highest BCUT2D eigenvalue weighted by molar-refractivity contribution is 6.31. The Bertz CT molecular complexity index is 545. The second kappa shape index (κ2) is 4.84. The summed E-state index contributed by atoms with van der Waals surface area (Å²) in [5.74, 6) is 0.301. The third-order valence-electron chi connectivity index (χ3n) is 2.11. The maximum atomic E-state index is 13.0. The normalized spacial score (nSPS) is 11.1. The summed E-state index contributed by atoms with van der Waals surface area (Å²) in [7, 11) is 0. The Hall–Kier alpha value is -1.42. The summed E-state index contributed by atoms with van der Waals surface area (Å²) in [5.41, 5.74) is 0.987. The van der Waals surface area contributed by atoms with Crippen LogP contribution in [0.4, 0.5) is 4.39 Å². The molecule has 1 heterocycles. The fourth-order valence-electron chi connectivity index (χ4n) is 1.33. The molecule has 0 aliphatic heterocycles. The molecule has 1 aromatic carbocycles. The van der Waals surface area contributed by atoms with Crippen molar-refractivity contribution in [3.05, 3.63) is 29.2 Å². The van der Waals surface area contributed by atoms with Crippen LogP contribution >= 0.6 is 11.6 Å². The molecule has 0 aliphatic rings. The van der Waals surface area contributed by atoms with Crippen molar-refractivity contribution >= 4 is 22.6 Å². The molecule has 0 radical (unpaired) electrons. The van der Waals surface area contributed by atoms with Gasteiger partial charge in [0.1, 0.15) is 5.82 Å². The van der Waals surface area contributed by atoms with Crippen LogP contribution in [0.3, 0.4) is 0 Å². The number of fused-ring (bicyclic) bond motifs is 1. The Morgan fingerprint density at radius 1 is 1.29 bits per heavy atom. The van der Waals surface area contributed by atoms with Crippen LogP contribution in [0.25, 0.3) is 11.0 Å². The molecule has 0 atom stereocenters. The van der Waals surface area contributed by atoms with Crippen molar-refractivity contribution in [1.82, 2.24) is 9.97 Å². The molecule has 0 N–H and O–H groups in total. The Morgan fingerprint density at radius 3 is 2.76 bits per heavy atom. The third-order valence-corrected chi connectivity index (χ3v) is 2.35. The van der Waals surface area contributed by atoms with Crippen LogP contribution in [0.2, 0.25) is 5.15 Å². The SMILES string of the molecule is CC(C)COc1nc2ccc(F)cc2nc1Cl. The van der Waals surface area contributed by atoms with E-state index in [2.05, 4.69) is 9.97 Å². The van der Waals surface area contributed by atoms with Crippen LogP contribution in [0, 0.1) is 11.7 Å². The minimum Gasteiger partial charge on any atom is -0.475 e. The van der Waals surface area contributed by atoms with Gasteiger partial charge in [-0.2, -0.15) is 0 Å². The maximum absolute atomic E-state index is 13.0. The molecule has 1 aromatic heterocycles. The van der Waals surface area contributed by atoms with Crippen molar-refractivity contribution in [3.63, 3.8) is 0 Å². The Labute approximate surface area is 104 Å². The molecule has 5 heteroatoms. The first-order valence-corrected chi connectivity index (χ1v) is 5.69. The number of hydrogen-bond donors (Lipinski definition) is 0. The quantitative estimate of drug-likeness (QED) is 0.841. The molecule has 0 unspecified atom stereocenters. The number of rotatable bonds is 3. The van der Waals surface area contributed by atoms with E-state index >= 15 is 0 Å². The van der Waals surface area contributed by atoms with Gasteiger partial charge in [-0.05, 0) is 18.1 Å². The first-order chi connectivity index (χ1) is 8.06. The fraction of sp³-hybridized carbons (Fsp3) is 0.333. The number of benzene rings is 1. The van der Waals surface area contributed by atoms with Crippen molar-refractivity contribution in [2.24, 2.45) is 5.92 Å². The van der Waals surface area contributed by atoms with Gasteiger partial charge < -0.3 is 4.74 Å². The summed E-state index contributed by atoms with van der Waals surface area (Å²) in [6.45, 7) is 4.57. The van der Waals surface area contributed by atoms with Crippen molar-refractivity contribution in [2.75, 3.05) is 6.61 Å². The number of aromatic nitrogens is 2. The second-order valence-corrected chi connectivity index (χ2v) is 4.52. The van der Waals surface area contributed by atoms with Gasteiger partial charge in [0.25, 0.3) is 5.88 Å². The smallest absolute Gasteiger partial charge is 0.252 e. The van der Waals surface area contributed by atoms with E-state index in [1.165, 1.54) is 12.1 Å². The summed E-state index contributed by atoms with van der Waals surface area (Å²) < 4.78 is 18.4. The Morgan fingerprint density at radius 2 is 2.06 bits per heavy atom. The predicted octanol–water partition coefficient (Wildman–Crippen LogP) is 3.46. The zero-order valence-corrected chi connectivity index (χ0v) is 10.3. The minimum absolute atomic E-state index is 0.156. The van der Waals surface area contributed by atoms with E-state index in [4.69, 9.17) is 16.3 Å². The highest BCUT2D eigenvalue weighted by Gasteiger charge is 2.09. The number of nitrogens with zero attached hydrogens (tertiary/aromatic N) is 2. The average molecular weight is 255 g/mol. The lowest BCUT2D eigenvalue weighted by Gasteiger charge is -2.09. The predicted molar refractivity (Wildman–Crippen MR) is 64.8 cm³/mol. The van der Waals surface area contributed by atoms with E-state index < -0.39 is 0 Å². The summed E-state index contributed by atoms with van der Waals surface area (Å²) in [5, 5.41) is 0.156. The zero-order valence-electron chi connectivity index (χ0n) is 9.58. The van der Waals surface area contributed by atoms with Crippen molar-refractivity contribution in [1.29, 1.82) is 0 Å². The van der Waals surface area contributed by atoms with Gasteiger partial charge in [0.15, 0.2) is 5.15 Å². The molecule has 0 amide bonds. The highest BCUT2D eigenvalue weighted by Crippen LogP contribution is 2.23. The third kappa shape index (κ3) is 2.82. The molecule has 90 valence electrons. The van der Waals surface area contributed by atoms with Gasteiger partial charge in [0.05, 0.1) is 17.6 Å². The molecular weight excluding hydrogens is 243 g/mol. The summed E-state index contributed by atoms with van der Waals surface area (Å²) in [4.78, 5) is 8.26. The molecule has 0 fully saturated rings. The van der Waals surface area contributed by atoms with E-state index in [1.807, 2.05) is 13.8 Å². The molecule has 3 nitrogen and oxygen atoms in total. The molecule has 0 aliphatic carbocycles. The lowest BCUT2D eigenvalue weighted by Crippen LogP contribution is -2.06. The lowest BCUT2D eigenvalue weighted by molar-refractivity contribution is 0.261. The molecule has 0 saturated heterocycles. The van der Waals surface area contributed by atoms with Crippen LogP contribution in [-0.4, -0.2) is 16.6 Å². The van der Waals surface area contributed by atoms with E-state index in [0.717, 1.165) is 0 Å². The Kier molecular flexibility index (Phi) is 3.43. The van der Waals surface area contributed by atoms with Crippen LogP contribution in [0.5, 0.6) is 5.88 Å². The van der Waals surface area contributed by atoms with Crippen LogP contribution < -0.4 is 4.74 Å². The maximum Gasteiger partial charge on any atom is 0.252 e. The molecular formula is C12H12ClFN2O. The molecule has 17 heavy (non-hydrogen) atoms. The van der Waals surface area contributed by atoms with E-state index in [-0.39, 0.29) is 11.0 Å². The molecule has 2 aromatic rings. The zero-order chi connectivity index (χ0) is 12.4. The monoisotopic (exact) mass is 254 g/mol. The number of ether oxygens (including phenoxy) is 1. The van der Waals surface area contributed by atoms with E-state index in [0.29, 0.717) is 29.4 Å². The van der Waals surface area contributed by atoms with Crippen LogP contribution in [-0.2, 0) is 0 Å². The standard InChI is InChI=1S/C12H12ClFN2O/c1-7(2)6-17-12-11(13)15-10-5-8(14)3-4-9(10)16-12/h3-5,7H,6H2,1-2H3. The topological polar surface area (TPSA) is 35.0 Å². The minimum atomic E-state index is -0.362. The molecule has 0 saturated carbocycles. The Balaban J connectivity index is 2.38. The summed E-state index contributed by atoms with van der Waals surface area (Å²) in [6.07, 6.45) is 0. The van der Waals surface area contributed by atoms with Gasteiger partial charge in [-0.25, -0.2) is 14.4 Å². The van der Waals surface area contributed by atoms with E-state index in [1.54, 1.807) is 6.07 Å². The van der Waals surface area contributed by atoms with Gasteiger partial charge >= 0.3 is 0 Å². The van der Waals surface area contributed by atoms with Gasteiger partial charge in [0, 0.05) is 6.07 Å². The first kappa shape index (κ1) is 12.0. The number of halogens is 2. The molecule has 0 bridgehead atoms. The largest absolute Gasteiger partial charge is 0.475 e. The summed E-state index contributed by atoms with van der Waals surface area (Å²) >= 11 is 5.92. The van der Waals surface area contributed by atoms with Gasteiger partial charge in [-0.3, -0.25) is 0 Å². The van der Waals surface area contributed by atoms with E-state index in [9.17, 15) is 4.39 Å². The second-order valence-electron chi connectivity index (χ2n) is 4.16. The summed E-state index contributed by atoms with van der Waals surface area (Å²) in [6, 6.07) is 4.17. The van der Waals surface area contributed by atoms with Crippen LogP contribution in [0.1, 0.15) is 13.8 Å². The van der Waals surface area contributed by atoms with Crippen molar-refractivity contribution in [2.45, 2.75) is 13.8 Å². The fourth-order valence-corrected chi connectivity index (χ4v) is 1.52. The van der Waals surface area contributed by atoms with Crippen molar-refractivity contribution in [3.8, 4) is 5.88 Å². The first-order valence-electron chi connectivity index (χ1n) is 5.32. The van der Waals surface area contributed by atoms with Gasteiger partial charge in [0.2, 0.25) is 0 Å². The van der Waals surface area contributed by atoms with Crippen LogP contribution in [0.15, 0.2) is 18.2 Å². The molecule has 0 spiro atoms. The number of hydrogen-bond acceptors (Lipinski definition) is 3. The molecule has 2 rings (SSSR count). The van der Waals surface area contributed by atoms with Gasteiger partial charge in [-0.15, -0.1) is 0 Å². The highest BCUT2D eigenvalue weighted by atomic mass is 35.5. The average Bonchev–Trinajstić information content (AvgIpc) is 2.26. The lowest BCUT2D eigenvalue weighted by atomic mass is 10.2. The van der Waals surface area contributed by atoms with Crippen molar-refractivity contribution < 1.29 is 9.13 Å². The van der Waals surface area contributed by atoms with Gasteiger partial charge in [-0.1, -0.05) is 25.4 Å².